The van der Waals surface area contributed by atoms with Crippen LogP contribution in [0.15, 0.2) is 40.9 Å². The van der Waals surface area contributed by atoms with E-state index < -0.39 is 0 Å². The van der Waals surface area contributed by atoms with Crippen LogP contribution in [0.2, 0.25) is 10.0 Å². The summed E-state index contributed by atoms with van der Waals surface area (Å²) in [6, 6.07) is 9.84. The smallest absolute Gasteiger partial charge is 0.272 e. The van der Waals surface area contributed by atoms with Crippen LogP contribution in [0.5, 0.6) is 0 Å². The first-order valence-electron chi connectivity index (χ1n) is 5.63. The zero-order valence-corrected chi connectivity index (χ0v) is 13.0. The molecule has 0 saturated heterocycles. The number of carbonyl (C=O) groups is 1. The predicted molar refractivity (Wildman–Crippen MR) is 82.3 cm³/mol. The second-order valence-corrected chi connectivity index (χ2v) is 6.00. The summed E-state index contributed by atoms with van der Waals surface area (Å²) < 4.78 is 1.39. The van der Waals surface area contributed by atoms with E-state index in [0.717, 1.165) is 4.47 Å². The number of fused-ring (bicyclic) bond motifs is 1. The minimum Gasteiger partial charge on any atom is -0.618 e. The van der Waals surface area contributed by atoms with Crippen LogP contribution in [-0.4, -0.2) is 16.2 Å². The van der Waals surface area contributed by atoms with E-state index in [1.807, 2.05) is 6.07 Å². The molecule has 0 fully saturated rings. The quantitative estimate of drug-likeness (QED) is 0.544. The molecule has 0 saturated carbocycles. The molecule has 1 aliphatic rings. The van der Waals surface area contributed by atoms with E-state index in [2.05, 4.69) is 15.9 Å². The molecule has 0 atom stereocenters. The molecule has 0 aromatic heterocycles. The van der Waals surface area contributed by atoms with Crippen LogP contribution in [0.25, 0.3) is 0 Å². The van der Waals surface area contributed by atoms with Crippen LogP contribution in [0.3, 0.4) is 0 Å². The average molecular weight is 371 g/mol. The number of nitrogens with zero attached hydrogens (tertiary/aromatic N) is 1. The summed E-state index contributed by atoms with van der Waals surface area (Å²) in [4.78, 5) is 12.4. The molecule has 6 heteroatoms. The van der Waals surface area contributed by atoms with Crippen molar-refractivity contribution < 1.29 is 9.53 Å². The van der Waals surface area contributed by atoms with Crippen LogP contribution in [0, 0.1) is 5.21 Å². The highest BCUT2D eigenvalue weighted by Crippen LogP contribution is 2.35. The normalized spacial score (nSPS) is 13.8. The summed E-state index contributed by atoms with van der Waals surface area (Å²) >= 11 is 15.1. The molecule has 2 aromatic rings. The molecule has 1 aliphatic heterocycles. The van der Waals surface area contributed by atoms with Gasteiger partial charge >= 0.3 is 0 Å². The van der Waals surface area contributed by atoms with Gasteiger partial charge in [0.25, 0.3) is 11.5 Å². The zero-order valence-electron chi connectivity index (χ0n) is 9.86. The third-order valence-electron chi connectivity index (χ3n) is 3.02. The minimum absolute atomic E-state index is 0.0691. The number of halogens is 3. The highest BCUT2D eigenvalue weighted by molar-refractivity contribution is 9.10. The fourth-order valence-corrected chi connectivity index (χ4v) is 2.83. The molecule has 0 spiro atoms. The van der Waals surface area contributed by atoms with E-state index in [9.17, 15) is 10.0 Å². The van der Waals surface area contributed by atoms with Gasteiger partial charge in [0.15, 0.2) is 0 Å². The Bertz CT molecular complexity index is 787. The fourth-order valence-electron chi connectivity index (χ4n) is 2.11. The van der Waals surface area contributed by atoms with Gasteiger partial charge in [-0.2, -0.15) is 4.74 Å². The number of carbonyl (C=O) groups excluding carboxylic acids is 1. The molecule has 2 aromatic carbocycles. The molecule has 0 radical (unpaired) electrons. The Morgan fingerprint density at radius 2 is 1.80 bits per heavy atom. The van der Waals surface area contributed by atoms with E-state index in [1.165, 1.54) is 12.1 Å². The van der Waals surface area contributed by atoms with Crippen molar-refractivity contribution >= 4 is 56.3 Å². The Morgan fingerprint density at radius 3 is 2.50 bits per heavy atom. The maximum absolute atomic E-state index is 12.4. The molecule has 100 valence electrons. The van der Waals surface area contributed by atoms with Crippen LogP contribution in [0.1, 0.15) is 15.9 Å². The van der Waals surface area contributed by atoms with Crippen molar-refractivity contribution in [1.82, 2.24) is 0 Å². The lowest BCUT2D eigenvalue weighted by Crippen LogP contribution is -2.16. The van der Waals surface area contributed by atoms with Crippen molar-refractivity contribution in [1.29, 1.82) is 0 Å². The molecular formula is C14H6BrCl2NO2. The molecule has 0 unspecified atom stereocenters. The van der Waals surface area contributed by atoms with Crippen LogP contribution < -0.4 is 0 Å². The monoisotopic (exact) mass is 369 g/mol. The first kappa shape index (κ1) is 13.6. The maximum atomic E-state index is 12.4. The van der Waals surface area contributed by atoms with Gasteiger partial charge < -0.3 is 5.21 Å². The van der Waals surface area contributed by atoms with Crippen LogP contribution in [-0.2, 0) is 0 Å². The number of Topliss-reactive ketones (excluding diaryl/α,β-unsaturated/α-hetero) is 1. The second-order valence-electron chi connectivity index (χ2n) is 4.27. The van der Waals surface area contributed by atoms with Crippen molar-refractivity contribution in [2.75, 3.05) is 0 Å². The van der Waals surface area contributed by atoms with Gasteiger partial charge in [-0.05, 0) is 24.3 Å². The first-order valence-corrected chi connectivity index (χ1v) is 7.18. The summed E-state index contributed by atoms with van der Waals surface area (Å²) in [5, 5.41) is 12.8. The van der Waals surface area contributed by atoms with E-state index in [4.69, 9.17) is 23.2 Å². The largest absolute Gasteiger partial charge is 0.618 e. The second kappa shape index (κ2) is 4.88. The molecule has 0 amide bonds. The molecule has 1 heterocycles. The summed E-state index contributed by atoms with van der Waals surface area (Å²) in [5.74, 6) is -0.355. The van der Waals surface area contributed by atoms with E-state index in [-0.39, 0.29) is 32.8 Å². The lowest BCUT2D eigenvalue weighted by Gasteiger charge is -2.03. The van der Waals surface area contributed by atoms with Gasteiger partial charge in [0.05, 0.1) is 15.6 Å². The molecule has 0 N–H and O–H groups in total. The highest BCUT2D eigenvalue weighted by atomic mass is 79.9. The lowest BCUT2D eigenvalue weighted by atomic mass is 10.0. The number of ketones is 1. The van der Waals surface area contributed by atoms with Crippen molar-refractivity contribution in [3.05, 3.63) is 67.3 Å². The van der Waals surface area contributed by atoms with Crippen molar-refractivity contribution in [3.8, 4) is 0 Å². The van der Waals surface area contributed by atoms with Crippen molar-refractivity contribution in [2.45, 2.75) is 0 Å². The Labute approximate surface area is 133 Å². The lowest BCUT2D eigenvalue weighted by molar-refractivity contribution is -0.355. The maximum Gasteiger partial charge on any atom is 0.272 e. The third-order valence-corrected chi connectivity index (χ3v) is 4.23. The van der Waals surface area contributed by atoms with Crippen LogP contribution in [0.4, 0.5) is 5.69 Å². The third kappa shape index (κ3) is 2.04. The predicted octanol–water partition coefficient (Wildman–Crippen LogP) is 4.58. The van der Waals surface area contributed by atoms with Crippen molar-refractivity contribution in [3.63, 3.8) is 0 Å². The highest BCUT2D eigenvalue weighted by Gasteiger charge is 2.37. The summed E-state index contributed by atoms with van der Waals surface area (Å²) in [6.45, 7) is 0. The Hall–Kier alpha value is -1.36. The minimum atomic E-state index is -0.355. The van der Waals surface area contributed by atoms with E-state index >= 15 is 0 Å². The van der Waals surface area contributed by atoms with Crippen LogP contribution >= 0.6 is 39.1 Å². The van der Waals surface area contributed by atoms with Gasteiger partial charge in [0.2, 0.25) is 5.69 Å². The molecule has 20 heavy (non-hydrogen) atoms. The van der Waals surface area contributed by atoms with E-state index in [1.54, 1.807) is 18.2 Å². The average Bonchev–Trinajstić information content (AvgIpc) is 2.63. The standard InChI is InChI=1S/C14H6BrCl2NO2/c15-8-3-1-2-7(4-8)13-14(19)9-5-10(16)11(17)6-12(9)18(13)20/h1-6H. The summed E-state index contributed by atoms with van der Waals surface area (Å²) in [7, 11) is 0. The Morgan fingerprint density at radius 1 is 1.10 bits per heavy atom. The molecule has 0 bridgehead atoms. The Balaban J connectivity index is 2.22. The van der Waals surface area contributed by atoms with Gasteiger partial charge in [-0.25, -0.2) is 0 Å². The van der Waals surface area contributed by atoms with Gasteiger partial charge in [0.1, 0.15) is 5.56 Å². The number of rotatable bonds is 1. The molecule has 3 rings (SSSR count). The van der Waals surface area contributed by atoms with Crippen molar-refractivity contribution in [2.24, 2.45) is 0 Å². The zero-order chi connectivity index (χ0) is 14.4. The summed E-state index contributed by atoms with van der Waals surface area (Å²) in [6.07, 6.45) is 0. The fraction of sp³-hybridized carbons (Fsp3) is 0. The Kier molecular flexibility index (Phi) is 3.32. The van der Waals surface area contributed by atoms with Gasteiger partial charge in [-0.15, -0.1) is 0 Å². The molecular weight excluding hydrogens is 365 g/mol. The van der Waals surface area contributed by atoms with Gasteiger partial charge in [-0.1, -0.05) is 45.2 Å². The van der Waals surface area contributed by atoms with Gasteiger partial charge in [0, 0.05) is 10.5 Å². The molecule has 0 aliphatic carbocycles. The SMILES string of the molecule is O=C1C(c2cccc(Br)c2)=[N+]([O-])c2cc(Cl)c(Cl)cc21. The number of hydrogen-bond donors (Lipinski definition) is 0. The molecule has 3 nitrogen and oxygen atoms in total. The first-order chi connectivity index (χ1) is 9.49. The van der Waals surface area contributed by atoms with E-state index in [0.29, 0.717) is 10.3 Å². The topological polar surface area (TPSA) is 43.1 Å². The summed E-state index contributed by atoms with van der Waals surface area (Å²) in [5.41, 5.74) is 1.10. The van der Waals surface area contributed by atoms with Gasteiger partial charge in [-0.3, -0.25) is 4.79 Å². The number of hydrogen-bond acceptors (Lipinski definition) is 2. The number of benzene rings is 2.